The number of benzene rings is 3. The molecule has 0 aliphatic carbocycles. The van der Waals surface area contributed by atoms with Crippen molar-refractivity contribution in [3.05, 3.63) is 108 Å². The fourth-order valence-electron chi connectivity index (χ4n) is 3.34. The van der Waals surface area contributed by atoms with Crippen LogP contribution in [0, 0.1) is 0 Å². The lowest BCUT2D eigenvalue weighted by Crippen LogP contribution is -2.57. The molecule has 2 nitrogen and oxygen atoms in total. The van der Waals surface area contributed by atoms with Gasteiger partial charge in [0, 0.05) is 12.1 Å². The van der Waals surface area contributed by atoms with Gasteiger partial charge in [0.15, 0.2) is 0 Å². The second kappa shape index (κ2) is 7.22. The Bertz CT molecular complexity index is 683. The van der Waals surface area contributed by atoms with Gasteiger partial charge >= 0.3 is 0 Å². The first-order chi connectivity index (χ1) is 12.1. The molecule has 0 fully saturated rings. The van der Waals surface area contributed by atoms with Gasteiger partial charge in [0.25, 0.3) is 0 Å². The van der Waals surface area contributed by atoms with E-state index in [0.717, 1.165) is 0 Å². The SMILES string of the molecule is CC(C)(CN)NC(c1ccccc1)(c1ccccc1)c1ccccc1. The van der Waals surface area contributed by atoms with E-state index in [-0.39, 0.29) is 5.54 Å². The molecule has 0 bridgehead atoms. The van der Waals surface area contributed by atoms with Crippen molar-refractivity contribution in [2.75, 3.05) is 6.54 Å². The van der Waals surface area contributed by atoms with E-state index in [1.807, 2.05) is 0 Å². The summed E-state index contributed by atoms with van der Waals surface area (Å²) in [6.07, 6.45) is 0. The van der Waals surface area contributed by atoms with Crippen molar-refractivity contribution in [2.24, 2.45) is 5.73 Å². The molecule has 0 saturated carbocycles. The average Bonchev–Trinajstić information content (AvgIpc) is 2.68. The fourth-order valence-corrected chi connectivity index (χ4v) is 3.34. The molecule has 3 N–H and O–H groups in total. The molecule has 2 heteroatoms. The monoisotopic (exact) mass is 330 g/mol. The highest BCUT2D eigenvalue weighted by molar-refractivity contribution is 5.49. The van der Waals surface area contributed by atoms with E-state index in [4.69, 9.17) is 5.73 Å². The zero-order valence-electron chi connectivity index (χ0n) is 14.9. The number of hydrogen-bond acceptors (Lipinski definition) is 2. The minimum absolute atomic E-state index is 0.235. The van der Waals surface area contributed by atoms with E-state index in [1.165, 1.54) is 16.7 Å². The summed E-state index contributed by atoms with van der Waals surface area (Å²) in [6, 6.07) is 31.8. The quantitative estimate of drug-likeness (QED) is 0.661. The predicted octanol–water partition coefficient (Wildman–Crippen LogP) is 4.31. The van der Waals surface area contributed by atoms with Crippen LogP contribution in [0.3, 0.4) is 0 Å². The molecule has 0 unspecified atom stereocenters. The van der Waals surface area contributed by atoms with Crippen LogP contribution in [0.2, 0.25) is 0 Å². The Labute approximate surface area is 150 Å². The maximum atomic E-state index is 6.09. The largest absolute Gasteiger partial charge is 0.329 e. The third-order valence-corrected chi connectivity index (χ3v) is 4.66. The molecular formula is C23H26N2. The van der Waals surface area contributed by atoms with E-state index in [1.54, 1.807) is 0 Å². The predicted molar refractivity (Wildman–Crippen MR) is 105 cm³/mol. The molecule has 128 valence electrons. The van der Waals surface area contributed by atoms with Crippen LogP contribution < -0.4 is 11.1 Å². The van der Waals surface area contributed by atoms with Crippen LogP contribution in [0.15, 0.2) is 91.0 Å². The lowest BCUT2D eigenvalue weighted by Gasteiger charge is -2.43. The van der Waals surface area contributed by atoms with Crippen molar-refractivity contribution < 1.29 is 0 Å². The smallest absolute Gasteiger partial charge is 0.0952 e. The van der Waals surface area contributed by atoms with Gasteiger partial charge in [0.2, 0.25) is 0 Å². The maximum absolute atomic E-state index is 6.09. The summed E-state index contributed by atoms with van der Waals surface area (Å²) < 4.78 is 0. The van der Waals surface area contributed by atoms with Crippen LogP contribution in [0.5, 0.6) is 0 Å². The van der Waals surface area contributed by atoms with Gasteiger partial charge in [0.05, 0.1) is 5.54 Å². The Kier molecular flexibility index (Phi) is 5.03. The first-order valence-electron chi connectivity index (χ1n) is 8.74. The molecule has 0 aliphatic heterocycles. The lowest BCUT2D eigenvalue weighted by atomic mass is 9.75. The van der Waals surface area contributed by atoms with Crippen molar-refractivity contribution in [3.8, 4) is 0 Å². The van der Waals surface area contributed by atoms with Gasteiger partial charge in [-0.1, -0.05) is 91.0 Å². The van der Waals surface area contributed by atoms with Gasteiger partial charge in [-0.05, 0) is 30.5 Å². The number of rotatable bonds is 6. The molecule has 0 atom stereocenters. The van der Waals surface area contributed by atoms with Crippen LogP contribution in [-0.2, 0) is 5.54 Å². The normalized spacial score (nSPS) is 12.1. The Hall–Kier alpha value is -2.42. The third-order valence-electron chi connectivity index (χ3n) is 4.66. The third kappa shape index (κ3) is 3.51. The van der Waals surface area contributed by atoms with E-state index in [9.17, 15) is 0 Å². The summed E-state index contributed by atoms with van der Waals surface area (Å²) in [5.41, 5.74) is 8.99. The molecule has 25 heavy (non-hydrogen) atoms. The molecule has 0 radical (unpaired) electrons. The molecule has 0 aromatic heterocycles. The Balaban J connectivity index is 2.32. The van der Waals surface area contributed by atoms with Crippen LogP contribution in [-0.4, -0.2) is 12.1 Å². The second-order valence-electron chi connectivity index (χ2n) is 7.06. The van der Waals surface area contributed by atoms with Crippen LogP contribution in [0.25, 0.3) is 0 Å². The molecule has 0 heterocycles. The minimum atomic E-state index is -0.466. The molecule has 3 aromatic carbocycles. The van der Waals surface area contributed by atoms with Crippen molar-refractivity contribution in [2.45, 2.75) is 24.9 Å². The van der Waals surface area contributed by atoms with Gasteiger partial charge in [-0.2, -0.15) is 0 Å². The van der Waals surface area contributed by atoms with Crippen LogP contribution >= 0.6 is 0 Å². The van der Waals surface area contributed by atoms with Gasteiger partial charge in [-0.3, -0.25) is 5.32 Å². The summed E-state index contributed by atoms with van der Waals surface area (Å²) >= 11 is 0. The average molecular weight is 330 g/mol. The summed E-state index contributed by atoms with van der Waals surface area (Å²) in [7, 11) is 0. The van der Waals surface area contributed by atoms with Gasteiger partial charge in [-0.25, -0.2) is 0 Å². The first-order valence-corrected chi connectivity index (χ1v) is 8.74. The lowest BCUT2D eigenvalue weighted by molar-refractivity contribution is 0.310. The van der Waals surface area contributed by atoms with Crippen molar-refractivity contribution in [1.29, 1.82) is 0 Å². The van der Waals surface area contributed by atoms with Crippen molar-refractivity contribution in [1.82, 2.24) is 5.32 Å². The molecule has 0 saturated heterocycles. The Morgan fingerprint density at radius 3 is 1.24 bits per heavy atom. The second-order valence-corrected chi connectivity index (χ2v) is 7.06. The standard InChI is InChI=1S/C23H26N2/c1-22(2,18-24)25-23(19-12-6-3-7-13-19,20-14-8-4-9-15-20)21-16-10-5-11-17-21/h3-17,25H,18,24H2,1-2H3. The number of hydrogen-bond donors (Lipinski definition) is 2. The van der Waals surface area contributed by atoms with E-state index in [0.29, 0.717) is 6.54 Å². The molecule has 0 spiro atoms. The van der Waals surface area contributed by atoms with E-state index >= 15 is 0 Å². The minimum Gasteiger partial charge on any atom is -0.329 e. The fraction of sp³-hybridized carbons (Fsp3) is 0.217. The summed E-state index contributed by atoms with van der Waals surface area (Å²) in [6.45, 7) is 4.84. The van der Waals surface area contributed by atoms with Gasteiger partial charge in [-0.15, -0.1) is 0 Å². The summed E-state index contributed by atoms with van der Waals surface area (Å²) in [4.78, 5) is 0. The number of nitrogens with two attached hydrogens (primary N) is 1. The summed E-state index contributed by atoms with van der Waals surface area (Å²) in [5, 5.41) is 3.88. The number of nitrogens with one attached hydrogen (secondary N) is 1. The summed E-state index contributed by atoms with van der Waals surface area (Å²) in [5.74, 6) is 0. The molecular weight excluding hydrogens is 304 g/mol. The Morgan fingerprint density at radius 2 is 0.960 bits per heavy atom. The molecule has 0 aliphatic rings. The van der Waals surface area contributed by atoms with Crippen LogP contribution in [0.1, 0.15) is 30.5 Å². The molecule has 0 amide bonds. The highest BCUT2D eigenvalue weighted by atomic mass is 15.1. The van der Waals surface area contributed by atoms with Gasteiger partial charge < -0.3 is 5.73 Å². The zero-order chi connectivity index (χ0) is 17.8. The first kappa shape index (κ1) is 17.4. The highest BCUT2D eigenvalue weighted by Crippen LogP contribution is 2.38. The zero-order valence-corrected chi connectivity index (χ0v) is 14.9. The van der Waals surface area contributed by atoms with Crippen LogP contribution in [0.4, 0.5) is 0 Å². The topological polar surface area (TPSA) is 38.0 Å². The van der Waals surface area contributed by atoms with E-state index in [2.05, 4.69) is 110 Å². The van der Waals surface area contributed by atoms with E-state index < -0.39 is 5.54 Å². The van der Waals surface area contributed by atoms with Crippen molar-refractivity contribution >= 4 is 0 Å². The highest BCUT2D eigenvalue weighted by Gasteiger charge is 2.39. The van der Waals surface area contributed by atoms with Gasteiger partial charge in [0.1, 0.15) is 0 Å². The molecule has 3 rings (SSSR count). The van der Waals surface area contributed by atoms with Crippen molar-refractivity contribution in [3.63, 3.8) is 0 Å². The maximum Gasteiger partial charge on any atom is 0.0952 e. The Morgan fingerprint density at radius 1 is 0.640 bits per heavy atom. The molecule has 3 aromatic rings.